The van der Waals surface area contributed by atoms with Gasteiger partial charge in [-0.15, -0.1) is 23.2 Å². The highest BCUT2D eigenvalue weighted by molar-refractivity contribution is 9.09. The number of nitro groups is 2. The van der Waals surface area contributed by atoms with E-state index in [9.17, 15) is 48.9 Å². The maximum absolute atomic E-state index is 14.7. The molecule has 2 aromatic carbocycles. The number of fused-ring (bicyclic) bond motifs is 4. The summed E-state index contributed by atoms with van der Waals surface area (Å²) in [5, 5.41) is 33.9. The van der Waals surface area contributed by atoms with Crippen molar-refractivity contribution in [3.05, 3.63) is 73.6 Å². The lowest BCUT2D eigenvalue weighted by atomic mass is 9.56. The number of nitro benzene ring substituents is 2. The van der Waals surface area contributed by atoms with Crippen molar-refractivity contribution in [2.45, 2.75) is 28.5 Å². The van der Waals surface area contributed by atoms with Gasteiger partial charge in [0.15, 0.2) is 27.0 Å². The number of carbonyl (C=O) groups excluding carboxylic acids is 4. The number of rotatable bonds is 6. The van der Waals surface area contributed by atoms with Crippen LogP contribution in [0.5, 0.6) is 5.75 Å². The molecule has 0 radical (unpaired) electrons. The number of phenolic OH excluding ortho intramolecular Hbond substituents is 1. The highest BCUT2D eigenvalue weighted by Crippen LogP contribution is 2.65. The fourth-order valence-corrected chi connectivity index (χ4v) is 8.97. The summed E-state index contributed by atoms with van der Waals surface area (Å²) in [5.74, 6) is -9.72. The predicted molar refractivity (Wildman–Crippen MR) is 168 cm³/mol. The molecule has 2 aromatic rings. The first kappa shape index (κ1) is 32.8. The number of hydrogen-bond acceptors (Lipinski definition) is 10. The molecule has 1 saturated carbocycles. The standard InChI is InChI=1S/C29H23BrCl2FN5O9/c1-34(2)23-18(37(44)45)8-13(9-19(23)38(46)47)36-24(40)15-5-4-14-16(21(15)25(36)41)10-28(31)26(42)35(11-30)27(43)29(28,32)22(14)12-3-6-20(39)17(33)7-12/h3-4,6-9,15-16,21-22,39H,5,10-11H2,1-2H3. The number of nitrogens with zero attached hydrogens (tertiary/aromatic N) is 5. The molecule has 1 N–H and O–H groups in total. The summed E-state index contributed by atoms with van der Waals surface area (Å²) in [5.41, 5.74) is -2.02. The third kappa shape index (κ3) is 4.33. The van der Waals surface area contributed by atoms with Gasteiger partial charge in [-0.25, -0.2) is 9.29 Å². The molecule has 0 aromatic heterocycles. The van der Waals surface area contributed by atoms with Gasteiger partial charge in [0.1, 0.15) is 0 Å². The number of likely N-dealkylation sites (tertiary alicyclic amines) is 1. The fraction of sp³-hybridized carbons (Fsp3) is 0.379. The summed E-state index contributed by atoms with van der Waals surface area (Å²) < 4.78 is 14.7. The van der Waals surface area contributed by atoms with Crippen molar-refractivity contribution in [1.29, 1.82) is 0 Å². The van der Waals surface area contributed by atoms with Gasteiger partial charge in [0.25, 0.3) is 11.8 Å². The number of hydrogen-bond donors (Lipinski definition) is 1. The van der Waals surface area contributed by atoms with E-state index in [4.69, 9.17) is 23.2 Å². The average molecular weight is 755 g/mol. The minimum absolute atomic E-state index is 0.0754. The lowest BCUT2D eigenvalue weighted by Crippen LogP contribution is -2.60. The van der Waals surface area contributed by atoms with Crippen LogP contribution in [0.15, 0.2) is 42.0 Å². The van der Waals surface area contributed by atoms with Crippen molar-refractivity contribution in [3.8, 4) is 5.75 Å². The van der Waals surface area contributed by atoms with E-state index in [2.05, 4.69) is 15.9 Å². The Hall–Kier alpha value is -4.15. The zero-order chi connectivity index (χ0) is 34.5. The summed E-state index contributed by atoms with van der Waals surface area (Å²) in [6.07, 6.45) is 1.12. The van der Waals surface area contributed by atoms with E-state index in [1.165, 1.54) is 25.1 Å². The van der Waals surface area contributed by atoms with Gasteiger partial charge in [-0.1, -0.05) is 33.6 Å². The number of amides is 4. The number of benzene rings is 2. The first-order valence-corrected chi connectivity index (χ1v) is 15.9. The molecule has 2 saturated heterocycles. The van der Waals surface area contributed by atoms with E-state index in [-0.39, 0.29) is 29.5 Å². The van der Waals surface area contributed by atoms with Gasteiger partial charge < -0.3 is 10.0 Å². The topological polar surface area (TPSA) is 185 Å². The van der Waals surface area contributed by atoms with Crippen molar-refractivity contribution < 1.29 is 38.5 Å². The van der Waals surface area contributed by atoms with E-state index in [1.807, 2.05) is 0 Å². The van der Waals surface area contributed by atoms with E-state index in [1.54, 1.807) is 6.08 Å². The molecule has 246 valence electrons. The Labute approximate surface area is 283 Å². The zero-order valence-corrected chi connectivity index (χ0v) is 27.5. The summed E-state index contributed by atoms with van der Waals surface area (Å²) in [6, 6.07) is 5.12. The Morgan fingerprint density at radius 2 is 1.64 bits per heavy atom. The second-order valence-corrected chi connectivity index (χ2v) is 13.7. The molecular weight excluding hydrogens is 732 g/mol. The number of alkyl halides is 3. The third-order valence-electron chi connectivity index (χ3n) is 9.47. The Balaban J connectivity index is 1.51. The van der Waals surface area contributed by atoms with Gasteiger partial charge in [0, 0.05) is 32.1 Å². The lowest BCUT2D eigenvalue weighted by Gasteiger charge is -2.50. The minimum atomic E-state index is -2.20. The van der Waals surface area contributed by atoms with E-state index >= 15 is 0 Å². The van der Waals surface area contributed by atoms with Gasteiger partial charge >= 0.3 is 11.4 Å². The van der Waals surface area contributed by atoms with E-state index in [0.717, 1.165) is 29.2 Å². The predicted octanol–water partition coefficient (Wildman–Crippen LogP) is 4.33. The smallest absolute Gasteiger partial charge is 0.301 e. The van der Waals surface area contributed by atoms with Crippen LogP contribution >= 0.6 is 39.1 Å². The lowest BCUT2D eigenvalue weighted by molar-refractivity contribution is -0.392. The minimum Gasteiger partial charge on any atom is -0.505 e. The normalized spacial score (nSPS) is 29.8. The number of anilines is 2. The number of allylic oxidation sites excluding steroid dienone is 2. The van der Waals surface area contributed by atoms with Crippen LogP contribution in [0.25, 0.3) is 0 Å². The highest BCUT2D eigenvalue weighted by Gasteiger charge is 2.76. The van der Waals surface area contributed by atoms with Gasteiger partial charge in [0.2, 0.25) is 11.8 Å². The van der Waals surface area contributed by atoms with Crippen molar-refractivity contribution >= 4 is 85.5 Å². The summed E-state index contributed by atoms with van der Waals surface area (Å²) in [6.45, 7) is 0. The van der Waals surface area contributed by atoms with Gasteiger partial charge in [-0.2, -0.15) is 0 Å². The van der Waals surface area contributed by atoms with Gasteiger partial charge in [-0.3, -0.25) is 44.3 Å². The van der Waals surface area contributed by atoms with Crippen LogP contribution in [-0.2, 0) is 19.2 Å². The summed E-state index contributed by atoms with van der Waals surface area (Å²) in [7, 11) is 2.74. The Kier molecular flexibility index (Phi) is 7.64. The van der Waals surface area contributed by atoms with Crippen LogP contribution in [0.3, 0.4) is 0 Å². The first-order chi connectivity index (χ1) is 22.0. The second kappa shape index (κ2) is 11.0. The molecule has 2 heterocycles. The summed E-state index contributed by atoms with van der Waals surface area (Å²) >= 11 is 17.3. The molecule has 0 spiro atoms. The molecule has 18 heteroatoms. The van der Waals surface area contributed by atoms with Crippen LogP contribution in [0.2, 0.25) is 0 Å². The van der Waals surface area contributed by atoms with Gasteiger partial charge in [-0.05, 0) is 36.5 Å². The Bertz CT molecular complexity index is 1840. The molecule has 47 heavy (non-hydrogen) atoms. The molecule has 14 nitrogen and oxygen atoms in total. The molecule has 3 fully saturated rings. The number of carbonyl (C=O) groups is 4. The van der Waals surface area contributed by atoms with Crippen LogP contribution in [0.4, 0.5) is 27.1 Å². The molecule has 6 unspecified atom stereocenters. The SMILES string of the molecule is CN(C)c1c([N+](=O)[O-])cc(N2C(=O)C3CC=C4C(CC5(Cl)C(=O)N(CBr)C(=O)C5(Cl)C4c4ccc(O)c(F)c4)C3C2=O)cc1[N+](=O)[O-]. The van der Waals surface area contributed by atoms with Crippen LogP contribution in [-0.4, -0.2) is 72.8 Å². The molecule has 2 aliphatic carbocycles. The molecule has 2 aliphatic heterocycles. The van der Waals surface area contributed by atoms with Crippen molar-refractivity contribution in [1.82, 2.24) is 4.90 Å². The van der Waals surface area contributed by atoms with Crippen LogP contribution < -0.4 is 9.80 Å². The maximum atomic E-state index is 14.7. The van der Waals surface area contributed by atoms with Crippen LogP contribution in [0, 0.1) is 43.8 Å². The van der Waals surface area contributed by atoms with E-state index in [0.29, 0.717) is 10.5 Å². The molecule has 4 amide bonds. The monoisotopic (exact) mass is 753 g/mol. The van der Waals surface area contributed by atoms with Gasteiger partial charge in [0.05, 0.1) is 32.8 Å². The van der Waals surface area contributed by atoms with Crippen molar-refractivity contribution in [2.24, 2.45) is 17.8 Å². The number of halogens is 4. The maximum Gasteiger partial charge on any atom is 0.301 e. The number of aromatic hydroxyl groups is 1. The zero-order valence-electron chi connectivity index (χ0n) is 24.4. The quantitative estimate of drug-likeness (QED) is 0.111. The van der Waals surface area contributed by atoms with Crippen molar-refractivity contribution in [2.75, 3.05) is 29.3 Å². The average Bonchev–Trinajstić information content (AvgIpc) is 3.35. The molecule has 0 bridgehead atoms. The first-order valence-electron chi connectivity index (χ1n) is 14.0. The molecular formula is C29H23BrCl2FN5O9. The third-order valence-corrected chi connectivity index (χ3v) is 11.4. The van der Waals surface area contributed by atoms with Crippen LogP contribution in [0.1, 0.15) is 24.3 Å². The molecule has 6 rings (SSSR count). The molecule has 4 aliphatic rings. The fourth-order valence-electron chi connectivity index (χ4n) is 7.54. The number of phenols is 1. The number of imide groups is 2. The molecule has 6 atom stereocenters. The van der Waals surface area contributed by atoms with Crippen molar-refractivity contribution in [3.63, 3.8) is 0 Å². The van der Waals surface area contributed by atoms with E-state index < -0.39 is 95.5 Å². The largest absolute Gasteiger partial charge is 0.505 e. The summed E-state index contributed by atoms with van der Waals surface area (Å²) in [4.78, 5) is 76.2. The highest BCUT2D eigenvalue weighted by atomic mass is 79.9. The Morgan fingerprint density at radius 3 is 2.17 bits per heavy atom. The second-order valence-electron chi connectivity index (χ2n) is 12.0. The Morgan fingerprint density at radius 1 is 1.02 bits per heavy atom.